The normalized spacial score (nSPS) is 21.9. The Kier molecular flexibility index (Phi) is 3.50. The molecule has 4 heterocycles. The number of benzene rings is 1. The van der Waals surface area contributed by atoms with Crippen molar-refractivity contribution < 1.29 is 4.74 Å². The molecule has 0 radical (unpaired) electrons. The topological polar surface area (TPSA) is 24.8 Å². The minimum atomic E-state index is -0.160. The summed E-state index contributed by atoms with van der Waals surface area (Å²) in [5.41, 5.74) is 3.51. The van der Waals surface area contributed by atoms with E-state index in [-0.39, 0.29) is 12.3 Å². The standard InChI is InChI=1S/C18H13BrN2OS2/c19-12-3-4-16-13(8-12)15-9-14(17-2-1-6-24-17)20-21(15)18(22-16)11-5-7-23-10-11/h1-8,10,15,18H,9H2/t15-,18-/m0/s1. The molecule has 0 unspecified atom stereocenters. The Morgan fingerprint density at radius 3 is 2.96 bits per heavy atom. The maximum Gasteiger partial charge on any atom is 0.214 e. The number of rotatable bonds is 2. The van der Waals surface area contributed by atoms with Crippen molar-refractivity contribution in [2.24, 2.45) is 5.10 Å². The quantitative estimate of drug-likeness (QED) is 0.525. The van der Waals surface area contributed by atoms with Gasteiger partial charge >= 0.3 is 0 Å². The number of hydrazone groups is 1. The van der Waals surface area contributed by atoms with Gasteiger partial charge in [-0.2, -0.15) is 16.4 Å². The molecule has 24 heavy (non-hydrogen) atoms. The maximum atomic E-state index is 6.32. The van der Waals surface area contributed by atoms with Crippen molar-refractivity contribution in [3.8, 4) is 5.75 Å². The first-order valence-corrected chi connectivity index (χ1v) is 10.3. The molecule has 0 fully saturated rings. The highest BCUT2D eigenvalue weighted by Crippen LogP contribution is 2.48. The molecule has 120 valence electrons. The number of nitrogens with zero attached hydrogens (tertiary/aromatic N) is 2. The SMILES string of the molecule is Brc1ccc2c(c1)[C@@H]1CC(c3cccs3)=NN1[C@H](c1ccsc1)O2. The van der Waals surface area contributed by atoms with Crippen LogP contribution >= 0.6 is 38.6 Å². The fourth-order valence-corrected chi connectivity index (χ4v) is 5.05. The summed E-state index contributed by atoms with van der Waals surface area (Å²) in [4.78, 5) is 1.24. The Bertz CT molecular complexity index is 905. The van der Waals surface area contributed by atoms with E-state index in [1.807, 2.05) is 6.07 Å². The second-order valence-electron chi connectivity index (χ2n) is 5.83. The number of hydrogen-bond acceptors (Lipinski definition) is 5. The first kappa shape index (κ1) is 14.7. The van der Waals surface area contributed by atoms with Crippen LogP contribution in [0.5, 0.6) is 5.75 Å². The third kappa shape index (κ3) is 2.32. The van der Waals surface area contributed by atoms with Crippen LogP contribution in [0.3, 0.4) is 0 Å². The van der Waals surface area contributed by atoms with Crippen LogP contribution in [-0.2, 0) is 0 Å². The molecule has 3 aromatic rings. The molecule has 6 heteroatoms. The third-order valence-electron chi connectivity index (χ3n) is 4.39. The fraction of sp³-hybridized carbons (Fsp3) is 0.167. The second kappa shape index (κ2) is 5.72. The smallest absolute Gasteiger partial charge is 0.214 e. The summed E-state index contributed by atoms with van der Waals surface area (Å²) in [6.45, 7) is 0. The summed E-state index contributed by atoms with van der Waals surface area (Å²) >= 11 is 7.02. The van der Waals surface area contributed by atoms with Crippen LogP contribution in [0.15, 0.2) is 62.1 Å². The predicted octanol–water partition coefficient (Wildman–Crippen LogP) is 5.81. The van der Waals surface area contributed by atoms with Crippen molar-refractivity contribution in [2.45, 2.75) is 18.7 Å². The van der Waals surface area contributed by atoms with Gasteiger partial charge in [0.25, 0.3) is 0 Å². The minimum absolute atomic E-state index is 0.160. The van der Waals surface area contributed by atoms with Crippen LogP contribution in [0.2, 0.25) is 0 Å². The third-order valence-corrected chi connectivity index (χ3v) is 6.50. The molecular weight excluding hydrogens is 404 g/mol. The van der Waals surface area contributed by atoms with Crippen molar-refractivity contribution in [1.29, 1.82) is 0 Å². The van der Waals surface area contributed by atoms with Crippen molar-refractivity contribution in [3.63, 3.8) is 0 Å². The van der Waals surface area contributed by atoms with Gasteiger partial charge in [-0.25, -0.2) is 5.01 Å². The van der Waals surface area contributed by atoms with Crippen LogP contribution in [0.4, 0.5) is 0 Å². The highest BCUT2D eigenvalue weighted by Gasteiger charge is 2.41. The van der Waals surface area contributed by atoms with Gasteiger partial charge < -0.3 is 4.74 Å². The predicted molar refractivity (Wildman–Crippen MR) is 102 cm³/mol. The lowest BCUT2D eigenvalue weighted by atomic mass is 9.98. The fourth-order valence-electron chi connectivity index (χ4n) is 3.29. The van der Waals surface area contributed by atoms with E-state index in [0.29, 0.717) is 0 Å². The van der Waals surface area contributed by atoms with Gasteiger partial charge in [0, 0.05) is 22.0 Å². The summed E-state index contributed by atoms with van der Waals surface area (Å²) in [5.74, 6) is 0.957. The van der Waals surface area contributed by atoms with E-state index < -0.39 is 0 Å². The summed E-state index contributed by atoms with van der Waals surface area (Å²) < 4.78 is 7.39. The molecule has 0 aliphatic carbocycles. The van der Waals surface area contributed by atoms with E-state index >= 15 is 0 Å². The lowest BCUT2D eigenvalue weighted by Crippen LogP contribution is -2.33. The number of halogens is 1. The number of thiophene rings is 2. The molecule has 0 saturated carbocycles. The van der Waals surface area contributed by atoms with Crippen molar-refractivity contribution in [1.82, 2.24) is 5.01 Å². The maximum absolute atomic E-state index is 6.32. The number of ether oxygens (including phenoxy) is 1. The van der Waals surface area contributed by atoms with E-state index in [4.69, 9.17) is 9.84 Å². The Morgan fingerprint density at radius 2 is 2.17 bits per heavy atom. The van der Waals surface area contributed by atoms with Crippen LogP contribution in [0.1, 0.15) is 34.7 Å². The molecule has 1 aromatic carbocycles. The van der Waals surface area contributed by atoms with Gasteiger partial charge in [0.15, 0.2) is 0 Å². The molecule has 2 aromatic heterocycles. The molecule has 0 N–H and O–H groups in total. The van der Waals surface area contributed by atoms with Gasteiger partial charge in [-0.1, -0.05) is 22.0 Å². The zero-order valence-electron chi connectivity index (χ0n) is 12.6. The monoisotopic (exact) mass is 416 g/mol. The molecule has 0 saturated heterocycles. The van der Waals surface area contributed by atoms with Gasteiger partial charge in [0.2, 0.25) is 6.23 Å². The van der Waals surface area contributed by atoms with E-state index in [0.717, 1.165) is 27.9 Å². The van der Waals surface area contributed by atoms with Crippen molar-refractivity contribution >= 4 is 44.3 Å². The zero-order chi connectivity index (χ0) is 16.1. The van der Waals surface area contributed by atoms with Gasteiger partial charge in [0.1, 0.15) is 5.75 Å². The average Bonchev–Trinajstić information content (AvgIpc) is 3.33. The molecule has 2 aliphatic heterocycles. The van der Waals surface area contributed by atoms with Crippen molar-refractivity contribution in [2.75, 3.05) is 0 Å². The number of hydrogen-bond donors (Lipinski definition) is 0. The summed E-state index contributed by atoms with van der Waals surface area (Å²) in [7, 11) is 0. The lowest BCUT2D eigenvalue weighted by Gasteiger charge is -2.37. The molecular formula is C18H13BrN2OS2. The highest BCUT2D eigenvalue weighted by molar-refractivity contribution is 9.10. The lowest BCUT2D eigenvalue weighted by molar-refractivity contribution is -0.0188. The number of fused-ring (bicyclic) bond motifs is 3. The molecule has 3 nitrogen and oxygen atoms in total. The molecule has 2 aliphatic rings. The Hall–Kier alpha value is -1.63. The van der Waals surface area contributed by atoms with E-state index in [9.17, 15) is 0 Å². The van der Waals surface area contributed by atoms with Crippen LogP contribution in [-0.4, -0.2) is 10.7 Å². The average molecular weight is 417 g/mol. The van der Waals surface area contributed by atoms with Crippen molar-refractivity contribution in [3.05, 3.63) is 73.0 Å². The van der Waals surface area contributed by atoms with E-state index in [1.165, 1.54) is 10.4 Å². The molecule has 0 spiro atoms. The van der Waals surface area contributed by atoms with Gasteiger partial charge in [-0.05, 0) is 46.5 Å². The summed E-state index contributed by atoms with van der Waals surface area (Å²) in [6.07, 6.45) is 0.751. The highest BCUT2D eigenvalue weighted by atomic mass is 79.9. The Balaban J connectivity index is 1.62. The summed E-state index contributed by atoms with van der Waals surface area (Å²) in [5, 5.41) is 13.4. The van der Waals surface area contributed by atoms with Gasteiger partial charge in [-0.15, -0.1) is 11.3 Å². The van der Waals surface area contributed by atoms with E-state index in [1.54, 1.807) is 22.7 Å². The summed E-state index contributed by atoms with van der Waals surface area (Å²) in [6, 6.07) is 12.8. The molecule has 0 bridgehead atoms. The Morgan fingerprint density at radius 1 is 1.21 bits per heavy atom. The first-order chi connectivity index (χ1) is 11.8. The van der Waals surface area contributed by atoms with Crippen LogP contribution in [0.25, 0.3) is 0 Å². The van der Waals surface area contributed by atoms with E-state index in [2.05, 4.69) is 67.4 Å². The largest absolute Gasteiger partial charge is 0.464 e. The molecule has 0 amide bonds. The zero-order valence-corrected chi connectivity index (χ0v) is 15.8. The minimum Gasteiger partial charge on any atom is -0.464 e. The van der Waals surface area contributed by atoms with Crippen LogP contribution < -0.4 is 4.74 Å². The Labute approximate surface area is 156 Å². The van der Waals surface area contributed by atoms with Gasteiger partial charge in [0.05, 0.1) is 16.6 Å². The van der Waals surface area contributed by atoms with Crippen LogP contribution in [0, 0.1) is 0 Å². The molecule has 2 atom stereocenters. The first-order valence-electron chi connectivity index (χ1n) is 7.67. The second-order valence-corrected chi connectivity index (χ2v) is 8.48. The van der Waals surface area contributed by atoms with Gasteiger partial charge in [-0.3, -0.25) is 0 Å². The molecule has 5 rings (SSSR count).